The van der Waals surface area contributed by atoms with Crippen molar-refractivity contribution < 1.29 is 4.79 Å². The molecule has 0 radical (unpaired) electrons. The zero-order chi connectivity index (χ0) is 17.1. The van der Waals surface area contributed by atoms with Crippen molar-refractivity contribution in [1.82, 2.24) is 25.5 Å². The number of nitrogens with zero attached hydrogens (tertiary/aromatic N) is 4. The lowest BCUT2D eigenvalue weighted by molar-refractivity contribution is -0.123. The molecule has 1 saturated carbocycles. The largest absolute Gasteiger partial charge is 0.351 e. The van der Waals surface area contributed by atoms with Crippen LogP contribution in [0.1, 0.15) is 38.7 Å². The predicted molar refractivity (Wildman–Crippen MR) is 92.1 cm³/mol. The summed E-state index contributed by atoms with van der Waals surface area (Å²) in [6, 6.07) is 8.14. The van der Waals surface area contributed by atoms with E-state index in [4.69, 9.17) is 0 Å². The van der Waals surface area contributed by atoms with Crippen LogP contribution in [0.4, 0.5) is 0 Å². The van der Waals surface area contributed by atoms with Gasteiger partial charge in [0.15, 0.2) is 0 Å². The highest BCUT2D eigenvalue weighted by molar-refractivity contribution is 5.75. The van der Waals surface area contributed by atoms with Gasteiger partial charge in [-0.25, -0.2) is 0 Å². The highest BCUT2D eigenvalue weighted by Crippen LogP contribution is 2.29. The SMILES string of the molecule is Cc1ccccc1-c1nnn(CC(=O)N[C@@H]2CCC[C@H](C)[C@H]2C)n1. The van der Waals surface area contributed by atoms with Crippen LogP contribution in [0.2, 0.25) is 0 Å². The fourth-order valence-electron chi connectivity index (χ4n) is 3.41. The standard InChI is InChI=1S/C18H25N5O/c1-12-8-6-10-16(14(12)3)19-17(24)11-23-21-18(20-22-23)15-9-5-4-7-13(15)2/h4-5,7,9,12,14,16H,6,8,10-11H2,1-3H3,(H,19,24)/t12-,14+,16+/m0/s1. The van der Waals surface area contributed by atoms with Crippen molar-refractivity contribution in [3.63, 3.8) is 0 Å². The Balaban J connectivity index is 1.62. The summed E-state index contributed by atoms with van der Waals surface area (Å²) >= 11 is 0. The molecular formula is C18H25N5O. The maximum absolute atomic E-state index is 12.3. The lowest BCUT2D eigenvalue weighted by Gasteiger charge is -2.34. The number of hydrogen-bond donors (Lipinski definition) is 1. The highest BCUT2D eigenvalue weighted by atomic mass is 16.2. The molecule has 6 nitrogen and oxygen atoms in total. The third-order valence-electron chi connectivity index (χ3n) is 5.18. The number of rotatable bonds is 4. The molecule has 24 heavy (non-hydrogen) atoms. The fraction of sp³-hybridized carbons (Fsp3) is 0.556. The van der Waals surface area contributed by atoms with Gasteiger partial charge in [0.25, 0.3) is 0 Å². The minimum Gasteiger partial charge on any atom is -0.351 e. The van der Waals surface area contributed by atoms with Gasteiger partial charge in [-0.3, -0.25) is 4.79 Å². The van der Waals surface area contributed by atoms with E-state index in [1.165, 1.54) is 17.6 Å². The Bertz CT molecular complexity index is 711. The molecule has 0 bridgehead atoms. The molecule has 1 aromatic heterocycles. The van der Waals surface area contributed by atoms with Crippen molar-refractivity contribution in [2.24, 2.45) is 11.8 Å². The highest BCUT2D eigenvalue weighted by Gasteiger charge is 2.28. The Kier molecular flexibility index (Phi) is 4.92. The molecule has 1 aliphatic rings. The number of hydrogen-bond acceptors (Lipinski definition) is 4. The van der Waals surface area contributed by atoms with Crippen LogP contribution in [0, 0.1) is 18.8 Å². The molecule has 1 aromatic carbocycles. The summed E-state index contributed by atoms with van der Waals surface area (Å²) in [6.45, 7) is 6.60. The lowest BCUT2D eigenvalue weighted by Crippen LogP contribution is -2.45. The van der Waals surface area contributed by atoms with E-state index in [9.17, 15) is 4.79 Å². The lowest BCUT2D eigenvalue weighted by atomic mass is 9.78. The van der Waals surface area contributed by atoms with E-state index in [1.807, 2.05) is 31.2 Å². The number of aryl methyl sites for hydroxylation is 1. The Hall–Kier alpha value is -2.24. The molecule has 1 fully saturated rings. The van der Waals surface area contributed by atoms with E-state index in [-0.39, 0.29) is 18.5 Å². The van der Waals surface area contributed by atoms with E-state index in [1.54, 1.807) is 0 Å². The number of aromatic nitrogens is 4. The molecule has 0 aliphatic heterocycles. The molecule has 0 unspecified atom stereocenters. The van der Waals surface area contributed by atoms with Gasteiger partial charge in [-0.2, -0.15) is 4.80 Å². The summed E-state index contributed by atoms with van der Waals surface area (Å²) in [5, 5.41) is 15.6. The number of tetrazole rings is 1. The van der Waals surface area contributed by atoms with Gasteiger partial charge in [0, 0.05) is 11.6 Å². The molecule has 3 atom stereocenters. The molecule has 3 rings (SSSR count). The maximum Gasteiger partial charge on any atom is 0.243 e. The summed E-state index contributed by atoms with van der Waals surface area (Å²) in [5.74, 6) is 1.67. The first kappa shape index (κ1) is 16.6. The van der Waals surface area contributed by atoms with Crippen molar-refractivity contribution in [3.8, 4) is 11.4 Å². The fourth-order valence-corrected chi connectivity index (χ4v) is 3.41. The first-order valence-electron chi connectivity index (χ1n) is 8.68. The van der Waals surface area contributed by atoms with Crippen molar-refractivity contribution in [3.05, 3.63) is 29.8 Å². The molecular weight excluding hydrogens is 302 g/mol. The first-order valence-corrected chi connectivity index (χ1v) is 8.68. The van der Waals surface area contributed by atoms with Crippen LogP contribution in [0.15, 0.2) is 24.3 Å². The topological polar surface area (TPSA) is 72.7 Å². The van der Waals surface area contributed by atoms with Gasteiger partial charge in [0.1, 0.15) is 6.54 Å². The van der Waals surface area contributed by atoms with E-state index < -0.39 is 0 Å². The van der Waals surface area contributed by atoms with Gasteiger partial charge in [-0.15, -0.1) is 10.2 Å². The van der Waals surface area contributed by atoms with Gasteiger partial charge in [-0.1, -0.05) is 51.0 Å². The second-order valence-corrected chi connectivity index (χ2v) is 6.90. The molecule has 0 spiro atoms. The number of benzene rings is 1. The van der Waals surface area contributed by atoms with Crippen LogP contribution in [-0.4, -0.2) is 32.2 Å². The van der Waals surface area contributed by atoms with Gasteiger partial charge in [-0.05, 0) is 36.0 Å². The summed E-state index contributed by atoms with van der Waals surface area (Å²) in [6.07, 6.45) is 3.48. The zero-order valence-corrected chi connectivity index (χ0v) is 14.6. The van der Waals surface area contributed by atoms with Crippen LogP contribution in [0.3, 0.4) is 0 Å². The zero-order valence-electron chi connectivity index (χ0n) is 14.6. The number of nitrogens with one attached hydrogen (secondary N) is 1. The van der Waals surface area contributed by atoms with Crippen LogP contribution in [0.5, 0.6) is 0 Å². The van der Waals surface area contributed by atoms with Gasteiger partial charge >= 0.3 is 0 Å². The number of amides is 1. The molecule has 1 aliphatic carbocycles. The average Bonchev–Trinajstić information content (AvgIpc) is 3.00. The van der Waals surface area contributed by atoms with Gasteiger partial charge in [0.2, 0.25) is 11.7 Å². The summed E-state index contributed by atoms with van der Waals surface area (Å²) in [7, 11) is 0. The van der Waals surface area contributed by atoms with Crippen LogP contribution in [-0.2, 0) is 11.3 Å². The van der Waals surface area contributed by atoms with Crippen molar-refractivity contribution in [1.29, 1.82) is 0 Å². The number of carbonyl (C=O) groups excluding carboxylic acids is 1. The molecule has 128 valence electrons. The average molecular weight is 327 g/mol. The minimum atomic E-state index is -0.0466. The van der Waals surface area contributed by atoms with Crippen LogP contribution in [0.25, 0.3) is 11.4 Å². The quantitative estimate of drug-likeness (QED) is 0.937. The Morgan fingerprint density at radius 1 is 1.29 bits per heavy atom. The summed E-state index contributed by atoms with van der Waals surface area (Å²) in [4.78, 5) is 13.7. The Labute approximate surface area is 142 Å². The van der Waals surface area contributed by atoms with Crippen LogP contribution >= 0.6 is 0 Å². The predicted octanol–water partition coefficient (Wildman–Crippen LogP) is 2.59. The Morgan fingerprint density at radius 2 is 2.08 bits per heavy atom. The minimum absolute atomic E-state index is 0.0466. The first-order chi connectivity index (χ1) is 11.5. The van der Waals surface area contributed by atoms with Gasteiger partial charge in [0.05, 0.1) is 0 Å². The van der Waals surface area contributed by atoms with Crippen molar-refractivity contribution in [2.45, 2.75) is 52.6 Å². The van der Waals surface area contributed by atoms with Gasteiger partial charge < -0.3 is 5.32 Å². The second kappa shape index (κ2) is 7.11. The number of carbonyl (C=O) groups is 1. The normalized spacial score (nSPS) is 23.9. The Morgan fingerprint density at radius 3 is 2.88 bits per heavy atom. The van der Waals surface area contributed by atoms with E-state index in [2.05, 4.69) is 34.6 Å². The van der Waals surface area contributed by atoms with Crippen molar-refractivity contribution >= 4 is 5.91 Å². The molecule has 1 heterocycles. The summed E-state index contributed by atoms with van der Waals surface area (Å²) in [5.41, 5.74) is 2.03. The molecule has 6 heteroatoms. The second-order valence-electron chi connectivity index (χ2n) is 6.90. The molecule has 1 N–H and O–H groups in total. The van der Waals surface area contributed by atoms with E-state index >= 15 is 0 Å². The molecule has 2 aromatic rings. The third kappa shape index (κ3) is 3.63. The van der Waals surface area contributed by atoms with Crippen molar-refractivity contribution in [2.75, 3.05) is 0 Å². The molecule has 0 saturated heterocycles. The summed E-state index contributed by atoms with van der Waals surface area (Å²) < 4.78 is 0. The van der Waals surface area contributed by atoms with E-state index in [0.717, 1.165) is 17.5 Å². The van der Waals surface area contributed by atoms with Crippen LogP contribution < -0.4 is 5.32 Å². The van der Waals surface area contributed by atoms with E-state index in [0.29, 0.717) is 17.7 Å². The smallest absolute Gasteiger partial charge is 0.243 e. The maximum atomic E-state index is 12.3. The monoisotopic (exact) mass is 327 g/mol. The third-order valence-corrected chi connectivity index (χ3v) is 5.18. The molecule has 1 amide bonds.